The van der Waals surface area contributed by atoms with Gasteiger partial charge in [0.05, 0.1) is 60.2 Å². The summed E-state index contributed by atoms with van der Waals surface area (Å²) in [4.78, 5) is 21.2. The van der Waals surface area contributed by atoms with Crippen LogP contribution in [-0.4, -0.2) is 33.6 Å². The summed E-state index contributed by atoms with van der Waals surface area (Å²) in [6.45, 7) is 0. The minimum atomic E-state index is 0.668. The van der Waals surface area contributed by atoms with Gasteiger partial charge in [-0.3, -0.25) is 9.13 Å². The number of aromatic nitrogens is 7. The van der Waals surface area contributed by atoms with Gasteiger partial charge in [0, 0.05) is 80.8 Å². The molecule has 0 aliphatic carbocycles. The Morgan fingerprint density at radius 1 is 0.261 bits per heavy atom. The first-order valence-electron chi connectivity index (χ1n) is 31.1. The van der Waals surface area contributed by atoms with E-state index >= 15 is 0 Å². The molecule has 0 fully saturated rings. The van der Waals surface area contributed by atoms with E-state index in [4.69, 9.17) is 19.9 Å². The summed E-state index contributed by atoms with van der Waals surface area (Å²) in [5, 5.41) is 16.8. The second-order valence-corrected chi connectivity index (χ2v) is 24.7. The Labute approximate surface area is 531 Å². The number of fused-ring (bicyclic) bond motifs is 20. The molecule has 20 aromatic rings. The van der Waals surface area contributed by atoms with Crippen molar-refractivity contribution >= 4 is 140 Å². The van der Waals surface area contributed by atoms with Gasteiger partial charge >= 0.3 is 0 Å². The molecule has 92 heavy (non-hydrogen) atoms. The Balaban J connectivity index is 0.000000132. The Bertz CT molecular complexity index is 6380. The van der Waals surface area contributed by atoms with Crippen LogP contribution < -0.4 is 0 Å². The summed E-state index contributed by atoms with van der Waals surface area (Å²) in [5.74, 6) is 1.36. The smallest absolute Gasteiger partial charge is 0.235 e. The molecule has 0 saturated heterocycles. The third-order valence-corrected chi connectivity index (χ3v) is 19.7. The van der Waals surface area contributed by atoms with E-state index in [1.807, 2.05) is 23.5 Å². The van der Waals surface area contributed by atoms with Gasteiger partial charge in [0.25, 0.3) is 0 Å². The van der Waals surface area contributed by atoms with Crippen molar-refractivity contribution in [1.82, 2.24) is 33.6 Å². The number of hydrogen-bond acceptors (Lipinski definition) is 5. The Hall–Kier alpha value is -12.1. The van der Waals surface area contributed by atoms with Crippen LogP contribution in [0.4, 0.5) is 0 Å². The number of nitrogens with zero attached hydrogens (tertiary/aromatic N) is 7. The van der Waals surface area contributed by atoms with Crippen LogP contribution in [0.2, 0.25) is 0 Å². The van der Waals surface area contributed by atoms with Gasteiger partial charge in [-0.05, 0) is 100 Å². The van der Waals surface area contributed by atoms with E-state index in [0.29, 0.717) is 11.9 Å². The lowest BCUT2D eigenvalue weighted by atomic mass is 9.99. The molecule has 7 nitrogen and oxygen atoms in total. The topological polar surface area (TPSA) is 66.3 Å². The summed E-state index contributed by atoms with van der Waals surface area (Å²) in [6.07, 6.45) is 0. The molecule has 14 aromatic carbocycles. The van der Waals surface area contributed by atoms with Crippen molar-refractivity contribution in [1.29, 1.82) is 0 Å². The van der Waals surface area contributed by atoms with E-state index < -0.39 is 0 Å². The summed E-state index contributed by atoms with van der Waals surface area (Å²) in [6, 6.07) is 110. The third kappa shape index (κ3) is 8.00. The zero-order valence-electron chi connectivity index (χ0n) is 49.5. The summed E-state index contributed by atoms with van der Waals surface area (Å²) in [7, 11) is 0. The van der Waals surface area contributed by atoms with Crippen molar-refractivity contribution in [3.8, 4) is 51.2 Å². The highest BCUT2D eigenvalue weighted by Gasteiger charge is 2.25. The van der Waals surface area contributed by atoms with Crippen LogP contribution in [0, 0.1) is 0 Å². The van der Waals surface area contributed by atoms with Crippen LogP contribution in [0.1, 0.15) is 0 Å². The number of thiophene rings is 1. The first-order valence-corrected chi connectivity index (χ1v) is 31.9. The molecule has 0 N–H and O–H groups in total. The quantitative estimate of drug-likeness (QED) is 0.156. The zero-order valence-corrected chi connectivity index (χ0v) is 50.3. The van der Waals surface area contributed by atoms with Crippen molar-refractivity contribution in [3.63, 3.8) is 0 Å². The maximum Gasteiger partial charge on any atom is 0.235 e. The number of rotatable bonds is 6. The average Bonchev–Trinajstić information content (AvgIpc) is 1.53. The molecule has 0 unspecified atom stereocenters. The summed E-state index contributed by atoms with van der Waals surface area (Å²) in [5.41, 5.74) is 16.3. The van der Waals surface area contributed by atoms with Crippen molar-refractivity contribution in [2.75, 3.05) is 0 Å². The molecular weight excluding hydrogens is 1140 g/mol. The number of hydrogen-bond donors (Lipinski definition) is 0. The highest BCUT2D eigenvalue weighted by atomic mass is 32.1. The lowest BCUT2D eigenvalue weighted by Crippen LogP contribution is -2.04. The van der Waals surface area contributed by atoms with Gasteiger partial charge in [-0.15, -0.1) is 11.3 Å². The van der Waals surface area contributed by atoms with Gasteiger partial charge in [-0.1, -0.05) is 237 Å². The van der Waals surface area contributed by atoms with E-state index in [0.717, 1.165) is 71.9 Å². The molecule has 0 amide bonds. The summed E-state index contributed by atoms with van der Waals surface area (Å²) < 4.78 is 9.44. The number of para-hydroxylation sites is 5. The Morgan fingerprint density at radius 3 is 1.39 bits per heavy atom. The van der Waals surface area contributed by atoms with E-state index in [-0.39, 0.29) is 0 Å². The van der Waals surface area contributed by atoms with Crippen LogP contribution in [0.15, 0.2) is 309 Å². The lowest BCUT2D eigenvalue weighted by Gasteiger charge is -2.14. The lowest BCUT2D eigenvalue weighted by molar-refractivity contribution is 1.01. The molecule has 0 spiro atoms. The zero-order chi connectivity index (χ0) is 60.4. The molecule has 0 aliphatic rings. The molecule has 6 heterocycles. The highest BCUT2D eigenvalue weighted by Crippen LogP contribution is 2.48. The average molecular weight is 1190 g/mol. The Morgan fingerprint density at radius 2 is 0.728 bits per heavy atom. The monoisotopic (exact) mass is 1190 g/mol. The van der Waals surface area contributed by atoms with Crippen molar-refractivity contribution < 1.29 is 0 Å². The molecule has 8 heteroatoms. The normalized spacial score (nSPS) is 11.9. The second-order valence-electron chi connectivity index (χ2n) is 23.6. The van der Waals surface area contributed by atoms with Gasteiger partial charge in [0.15, 0.2) is 0 Å². The van der Waals surface area contributed by atoms with E-state index in [2.05, 4.69) is 311 Å². The minimum absolute atomic E-state index is 0.668. The van der Waals surface area contributed by atoms with Crippen LogP contribution in [-0.2, 0) is 0 Å². The maximum atomic E-state index is 5.43. The third-order valence-electron chi connectivity index (χ3n) is 18.5. The molecule has 0 bridgehead atoms. The van der Waals surface area contributed by atoms with Crippen LogP contribution >= 0.6 is 11.3 Å². The van der Waals surface area contributed by atoms with E-state index in [9.17, 15) is 0 Å². The van der Waals surface area contributed by atoms with Gasteiger partial charge < -0.3 is 4.57 Å². The molecule has 20 rings (SSSR count). The van der Waals surface area contributed by atoms with Crippen molar-refractivity contribution in [2.24, 2.45) is 0 Å². The molecule has 428 valence electrons. The van der Waals surface area contributed by atoms with Gasteiger partial charge in [0.2, 0.25) is 11.9 Å². The predicted octanol–water partition coefficient (Wildman–Crippen LogP) is 22.2. The maximum absolute atomic E-state index is 5.43. The molecule has 0 saturated carbocycles. The van der Waals surface area contributed by atoms with Crippen LogP contribution in [0.5, 0.6) is 0 Å². The van der Waals surface area contributed by atoms with Crippen LogP contribution in [0.25, 0.3) is 180 Å². The second kappa shape index (κ2) is 20.8. The van der Waals surface area contributed by atoms with E-state index in [1.165, 1.54) is 96.3 Å². The van der Waals surface area contributed by atoms with E-state index in [1.54, 1.807) is 0 Å². The standard InChI is InChI=1S/C44H28N4.C40H23N3S/c1-3-13-29(14-4-1)43-35-19-7-10-20-38(35)45-44(46-43)48-40-22-12-9-18-34(40)37-28-31(24-26-42(37)48)30-23-25-41-36(27-30)33-17-8-11-21-39(33)47(41)32-15-5-2-6-16-32;1-2-13-25(14-3-1)36-31-23-22-24-12-4-5-15-26(24)37(31)42-40(41-36)43-32-20-10-8-18-29(32)34-27-16-6-7-17-28(27)35-30-19-9-11-21-33(30)44-39(35)38(34)43/h1-28H;1-23H. The highest BCUT2D eigenvalue weighted by molar-refractivity contribution is 7.27. The molecule has 0 aliphatic heterocycles. The fourth-order valence-corrected chi connectivity index (χ4v) is 15.7. The Kier molecular flexibility index (Phi) is 11.7. The number of benzene rings is 14. The molecule has 0 radical (unpaired) electrons. The molecule has 6 aromatic heterocycles. The van der Waals surface area contributed by atoms with Crippen molar-refractivity contribution in [3.05, 3.63) is 309 Å². The minimum Gasteiger partial charge on any atom is -0.309 e. The van der Waals surface area contributed by atoms with Crippen LogP contribution in [0.3, 0.4) is 0 Å². The fraction of sp³-hybridized carbons (Fsp3) is 0. The summed E-state index contributed by atoms with van der Waals surface area (Å²) >= 11 is 1.86. The van der Waals surface area contributed by atoms with Gasteiger partial charge in [-0.25, -0.2) is 19.9 Å². The SMILES string of the molecule is c1ccc(-c2nc(-n3c4ccccc4c4c5ccccc5c5c6ccccc6sc5c43)nc3c2ccc2ccccc23)cc1.c1ccc(-c2nc(-n3c4ccccc4c4cc(-c5ccc6c(c5)c5ccccc5n6-c5ccccc5)ccc43)nc3ccccc23)cc1. The molecular formula is C84H51N7S. The first kappa shape index (κ1) is 51.9. The largest absolute Gasteiger partial charge is 0.309 e. The van der Waals surface area contributed by atoms with Gasteiger partial charge in [-0.2, -0.15) is 0 Å². The predicted molar refractivity (Wildman–Crippen MR) is 386 cm³/mol. The first-order chi connectivity index (χ1) is 45.7. The molecule has 0 atom stereocenters. The fourth-order valence-electron chi connectivity index (χ4n) is 14.5. The van der Waals surface area contributed by atoms with Gasteiger partial charge in [0.1, 0.15) is 0 Å². The van der Waals surface area contributed by atoms with Crippen molar-refractivity contribution in [2.45, 2.75) is 0 Å².